The Kier molecular flexibility index (Phi) is 7.99. The van der Waals surface area contributed by atoms with Crippen LogP contribution in [0.4, 0.5) is 0 Å². The van der Waals surface area contributed by atoms with Crippen molar-refractivity contribution in [2.45, 2.75) is 45.8 Å². The lowest BCUT2D eigenvalue weighted by molar-refractivity contribution is -0.153. The second kappa shape index (κ2) is 10.9. The Bertz CT molecular complexity index is 938. The third kappa shape index (κ3) is 6.15. The lowest BCUT2D eigenvalue weighted by Crippen LogP contribution is -2.23. The minimum Gasteiger partial charge on any atom is -0.487 e. The highest BCUT2D eigenvalue weighted by atomic mass is 32.1. The van der Waals surface area contributed by atoms with E-state index >= 15 is 0 Å². The van der Waals surface area contributed by atoms with E-state index in [1.54, 1.807) is 18.3 Å². The quantitative estimate of drug-likeness (QED) is 0.466. The first kappa shape index (κ1) is 22.0. The maximum atomic E-state index is 11.4. The van der Waals surface area contributed by atoms with Crippen molar-refractivity contribution in [3.8, 4) is 16.3 Å². The molecule has 5 nitrogen and oxygen atoms in total. The number of benzene rings is 2. The molecule has 0 aliphatic heterocycles. The molecule has 0 aliphatic carbocycles. The number of carbonyl (C=O) groups is 1. The number of thiazole rings is 1. The minimum absolute atomic E-state index is 0.283. The highest BCUT2D eigenvalue weighted by molar-refractivity contribution is 7.15. The number of ether oxygens (including phenoxy) is 2. The average Bonchev–Trinajstić information content (AvgIpc) is 3.14. The highest BCUT2D eigenvalue weighted by Crippen LogP contribution is 2.28. The van der Waals surface area contributed by atoms with Crippen LogP contribution >= 0.6 is 11.3 Å². The van der Waals surface area contributed by atoms with Gasteiger partial charge in [-0.1, -0.05) is 42.5 Å². The first-order valence-electron chi connectivity index (χ1n) is 10.1. The van der Waals surface area contributed by atoms with Crippen molar-refractivity contribution in [1.82, 2.24) is 4.98 Å². The van der Waals surface area contributed by atoms with Gasteiger partial charge in [0.2, 0.25) is 0 Å². The summed E-state index contributed by atoms with van der Waals surface area (Å²) in [5, 5.41) is 10.8. The molecule has 3 aromatic rings. The molecule has 0 bridgehead atoms. The zero-order valence-electron chi connectivity index (χ0n) is 17.3. The Hall–Kier alpha value is -2.70. The second-order valence-corrected chi connectivity index (χ2v) is 8.18. The predicted molar refractivity (Wildman–Crippen MR) is 119 cm³/mol. The van der Waals surface area contributed by atoms with Gasteiger partial charge in [-0.3, -0.25) is 0 Å². The zero-order chi connectivity index (χ0) is 21.3. The molecule has 1 heterocycles. The van der Waals surface area contributed by atoms with E-state index in [0.29, 0.717) is 19.4 Å². The Balaban J connectivity index is 1.48. The predicted octanol–water partition coefficient (Wildman–Crippen LogP) is 4.94. The number of rotatable bonds is 10. The van der Waals surface area contributed by atoms with Crippen LogP contribution in [0.25, 0.3) is 10.6 Å². The number of carbonyl (C=O) groups excluding carboxylic acids is 1. The molecular weight excluding hydrogens is 398 g/mol. The molecule has 30 heavy (non-hydrogen) atoms. The fraction of sp³-hybridized carbons (Fsp3) is 0.333. The van der Waals surface area contributed by atoms with E-state index < -0.39 is 12.1 Å². The molecule has 0 unspecified atom stereocenters. The number of hydrogen-bond donors (Lipinski definition) is 1. The van der Waals surface area contributed by atoms with Gasteiger partial charge in [-0.05, 0) is 50.8 Å². The van der Waals surface area contributed by atoms with Crippen LogP contribution < -0.4 is 4.74 Å². The van der Waals surface area contributed by atoms with Crippen LogP contribution in [-0.4, -0.2) is 28.8 Å². The molecule has 0 fully saturated rings. The molecular formula is C24H27NO4S. The third-order valence-electron chi connectivity index (χ3n) is 4.71. The van der Waals surface area contributed by atoms with E-state index in [0.717, 1.165) is 38.9 Å². The smallest absolute Gasteiger partial charge is 0.334 e. The van der Waals surface area contributed by atoms with Gasteiger partial charge in [0, 0.05) is 10.4 Å². The summed E-state index contributed by atoms with van der Waals surface area (Å²) >= 11 is 1.68. The average molecular weight is 426 g/mol. The largest absolute Gasteiger partial charge is 0.487 e. The standard InChI is InChI=1S/C24H27NO4S/c1-3-28-24(27)22(26)11-7-8-18-12-14-20(15-13-18)29-16-21-17(2)30-23(25-21)19-9-5-4-6-10-19/h4-6,9-10,12-15,22,26H,3,7-8,11,16H2,1-2H3/t22-/m1/s1. The van der Waals surface area contributed by atoms with Crippen molar-refractivity contribution >= 4 is 17.3 Å². The summed E-state index contributed by atoms with van der Waals surface area (Å²) in [6.07, 6.45) is 0.835. The number of nitrogens with zero attached hydrogens (tertiary/aromatic N) is 1. The van der Waals surface area contributed by atoms with Crippen LogP contribution in [0.15, 0.2) is 54.6 Å². The van der Waals surface area contributed by atoms with Crippen molar-refractivity contribution in [3.63, 3.8) is 0 Å². The van der Waals surface area contributed by atoms with Crippen LogP contribution in [0.3, 0.4) is 0 Å². The summed E-state index contributed by atoms with van der Waals surface area (Å²) in [5.41, 5.74) is 3.21. The van der Waals surface area contributed by atoms with Gasteiger partial charge in [-0.15, -0.1) is 11.3 Å². The first-order valence-corrected chi connectivity index (χ1v) is 11.0. The molecule has 0 aliphatic rings. The summed E-state index contributed by atoms with van der Waals surface area (Å²) in [7, 11) is 0. The lowest BCUT2D eigenvalue weighted by atomic mass is 10.1. The fourth-order valence-electron chi connectivity index (χ4n) is 3.03. The lowest BCUT2D eigenvalue weighted by Gasteiger charge is -2.10. The molecule has 0 saturated carbocycles. The van der Waals surface area contributed by atoms with Gasteiger partial charge in [0.1, 0.15) is 17.4 Å². The van der Waals surface area contributed by atoms with E-state index in [1.807, 2.05) is 42.5 Å². The second-order valence-electron chi connectivity index (χ2n) is 6.98. The van der Waals surface area contributed by atoms with Crippen LogP contribution in [0, 0.1) is 6.92 Å². The molecule has 0 amide bonds. The van der Waals surface area contributed by atoms with Crippen molar-refractivity contribution in [3.05, 3.63) is 70.7 Å². The minimum atomic E-state index is -1.05. The van der Waals surface area contributed by atoms with Gasteiger partial charge in [0.25, 0.3) is 0 Å². The summed E-state index contributed by atoms with van der Waals surface area (Å²) in [6.45, 7) is 4.51. The van der Waals surface area contributed by atoms with Gasteiger partial charge < -0.3 is 14.6 Å². The fourth-order valence-corrected chi connectivity index (χ4v) is 3.95. The van der Waals surface area contributed by atoms with E-state index in [1.165, 1.54) is 0 Å². The van der Waals surface area contributed by atoms with Crippen LogP contribution in [0.5, 0.6) is 5.75 Å². The molecule has 3 rings (SSSR count). The molecule has 0 saturated heterocycles. The number of aliphatic hydroxyl groups excluding tert-OH is 1. The third-order valence-corrected chi connectivity index (χ3v) is 5.78. The normalized spacial score (nSPS) is 11.8. The van der Waals surface area contributed by atoms with Gasteiger partial charge in [0.15, 0.2) is 6.10 Å². The summed E-state index contributed by atoms with van der Waals surface area (Å²) in [4.78, 5) is 17.3. The number of hydrogen-bond acceptors (Lipinski definition) is 6. The molecule has 1 aromatic heterocycles. The monoisotopic (exact) mass is 425 g/mol. The number of aliphatic hydroxyl groups is 1. The molecule has 1 atom stereocenters. The molecule has 1 N–H and O–H groups in total. The van der Waals surface area contributed by atoms with Gasteiger partial charge in [-0.2, -0.15) is 0 Å². The summed E-state index contributed by atoms with van der Waals surface area (Å²) < 4.78 is 10.7. The summed E-state index contributed by atoms with van der Waals surface area (Å²) in [6, 6.07) is 18.1. The Morgan fingerprint density at radius 1 is 1.13 bits per heavy atom. The molecule has 6 heteroatoms. The molecule has 0 spiro atoms. The van der Waals surface area contributed by atoms with E-state index in [4.69, 9.17) is 14.5 Å². The maximum absolute atomic E-state index is 11.4. The molecule has 2 aromatic carbocycles. The van der Waals surface area contributed by atoms with Crippen LogP contribution in [0.2, 0.25) is 0 Å². The first-order chi connectivity index (χ1) is 14.6. The maximum Gasteiger partial charge on any atom is 0.334 e. The van der Waals surface area contributed by atoms with Crippen LogP contribution in [0.1, 0.15) is 35.9 Å². The van der Waals surface area contributed by atoms with Crippen molar-refractivity contribution in [1.29, 1.82) is 0 Å². The summed E-state index contributed by atoms with van der Waals surface area (Å²) in [5.74, 6) is 0.243. The van der Waals surface area contributed by atoms with Crippen molar-refractivity contribution in [2.24, 2.45) is 0 Å². The molecule has 158 valence electrons. The van der Waals surface area contributed by atoms with Gasteiger partial charge >= 0.3 is 5.97 Å². The Morgan fingerprint density at radius 2 is 1.87 bits per heavy atom. The van der Waals surface area contributed by atoms with E-state index in [-0.39, 0.29) is 6.61 Å². The highest BCUT2D eigenvalue weighted by Gasteiger charge is 2.15. The Morgan fingerprint density at radius 3 is 2.57 bits per heavy atom. The number of aromatic nitrogens is 1. The number of esters is 1. The molecule has 0 radical (unpaired) electrons. The van der Waals surface area contributed by atoms with E-state index in [2.05, 4.69) is 19.1 Å². The van der Waals surface area contributed by atoms with Crippen molar-refractivity contribution < 1.29 is 19.4 Å². The topological polar surface area (TPSA) is 68.7 Å². The van der Waals surface area contributed by atoms with Crippen LogP contribution in [-0.2, 0) is 22.6 Å². The van der Waals surface area contributed by atoms with Gasteiger partial charge in [-0.25, -0.2) is 9.78 Å². The van der Waals surface area contributed by atoms with Gasteiger partial charge in [0.05, 0.1) is 12.3 Å². The zero-order valence-corrected chi connectivity index (χ0v) is 18.2. The van der Waals surface area contributed by atoms with E-state index in [9.17, 15) is 9.90 Å². The number of aryl methyl sites for hydroxylation is 2. The SMILES string of the molecule is CCOC(=O)[C@H](O)CCCc1ccc(OCc2nc(-c3ccccc3)sc2C)cc1. The Labute approximate surface area is 181 Å². The van der Waals surface area contributed by atoms with Crippen molar-refractivity contribution in [2.75, 3.05) is 6.61 Å².